The fourth-order valence-corrected chi connectivity index (χ4v) is 1.13. The normalized spacial score (nSPS) is 9.75. The Balaban J connectivity index is 0.00000121. The number of rotatable bonds is 1. The number of benzene rings is 1. The molecule has 0 saturated heterocycles. The van der Waals surface area contributed by atoms with Gasteiger partial charge < -0.3 is 0 Å². The van der Waals surface area contributed by atoms with E-state index in [2.05, 4.69) is 0 Å². The van der Waals surface area contributed by atoms with Crippen LogP contribution in [-0.2, 0) is 0 Å². The van der Waals surface area contributed by atoms with E-state index < -0.39 is 0 Å². The van der Waals surface area contributed by atoms with Gasteiger partial charge >= 0.3 is 0 Å². The lowest BCUT2D eigenvalue weighted by Crippen LogP contribution is -1.91. The fourth-order valence-electron chi connectivity index (χ4n) is 0.970. The molecule has 0 heterocycles. The van der Waals surface area contributed by atoms with Crippen molar-refractivity contribution in [1.29, 1.82) is 0 Å². The van der Waals surface area contributed by atoms with Crippen LogP contribution in [0.3, 0.4) is 0 Å². The largest absolute Gasteiger partial charge is 0.207 e. The Bertz CT molecular complexity index is 256. The van der Waals surface area contributed by atoms with Gasteiger partial charge in [0.25, 0.3) is 0 Å². The molecule has 0 radical (unpaired) electrons. The standard InChI is InChI=1S/C9H10ClF.CH4/c1-6(2)8-4-3-7(10)5-9(8)11;/h3-6H,1-2H3;1H4. The molecule has 0 spiro atoms. The number of halogens is 2. The van der Waals surface area contributed by atoms with Crippen molar-refractivity contribution in [2.75, 3.05) is 0 Å². The Hall–Kier alpha value is -0.560. The van der Waals surface area contributed by atoms with Gasteiger partial charge in [0.15, 0.2) is 0 Å². The Morgan fingerprint density at radius 2 is 1.92 bits per heavy atom. The van der Waals surface area contributed by atoms with Crippen molar-refractivity contribution >= 4 is 11.6 Å². The minimum Gasteiger partial charge on any atom is -0.207 e. The molecule has 0 aliphatic rings. The molecule has 0 nitrogen and oxygen atoms in total. The van der Waals surface area contributed by atoms with Crippen LogP contribution in [0.4, 0.5) is 4.39 Å². The third-order valence-electron chi connectivity index (χ3n) is 1.58. The maximum Gasteiger partial charge on any atom is 0.128 e. The summed E-state index contributed by atoms with van der Waals surface area (Å²) in [7, 11) is 0. The van der Waals surface area contributed by atoms with Crippen LogP contribution in [0, 0.1) is 5.82 Å². The van der Waals surface area contributed by atoms with Crippen LogP contribution in [-0.4, -0.2) is 0 Å². The topological polar surface area (TPSA) is 0 Å². The molecule has 0 aliphatic carbocycles. The predicted molar refractivity (Wildman–Crippen MR) is 52.2 cm³/mol. The molecular formula is C10H14ClF. The Morgan fingerprint density at radius 3 is 2.33 bits per heavy atom. The first-order chi connectivity index (χ1) is 5.11. The van der Waals surface area contributed by atoms with Crippen LogP contribution >= 0.6 is 11.6 Å². The van der Waals surface area contributed by atoms with Crippen molar-refractivity contribution in [3.05, 3.63) is 34.6 Å². The molecule has 1 rings (SSSR count). The van der Waals surface area contributed by atoms with Gasteiger partial charge in [0, 0.05) is 5.02 Å². The number of hydrogen-bond acceptors (Lipinski definition) is 0. The summed E-state index contributed by atoms with van der Waals surface area (Å²) in [5.74, 6) is -0.000216. The van der Waals surface area contributed by atoms with Gasteiger partial charge in [-0.05, 0) is 23.6 Å². The van der Waals surface area contributed by atoms with E-state index in [1.54, 1.807) is 12.1 Å². The van der Waals surface area contributed by atoms with Crippen molar-refractivity contribution in [3.8, 4) is 0 Å². The molecule has 0 atom stereocenters. The molecule has 0 amide bonds. The van der Waals surface area contributed by atoms with Crippen molar-refractivity contribution in [3.63, 3.8) is 0 Å². The molecule has 0 bridgehead atoms. The van der Waals surface area contributed by atoms with Gasteiger partial charge in [0.1, 0.15) is 5.82 Å². The van der Waals surface area contributed by atoms with E-state index in [0.717, 1.165) is 5.56 Å². The van der Waals surface area contributed by atoms with Crippen LogP contribution in [0.2, 0.25) is 5.02 Å². The van der Waals surface area contributed by atoms with E-state index in [-0.39, 0.29) is 19.2 Å². The van der Waals surface area contributed by atoms with Gasteiger partial charge in [0.2, 0.25) is 0 Å². The third kappa shape index (κ3) is 2.49. The van der Waals surface area contributed by atoms with Crippen LogP contribution < -0.4 is 0 Å². The predicted octanol–water partition coefficient (Wildman–Crippen LogP) is 4.24. The minimum absolute atomic E-state index is 0. The smallest absolute Gasteiger partial charge is 0.128 e. The van der Waals surface area contributed by atoms with Crippen LogP contribution in [0.5, 0.6) is 0 Å². The maximum absolute atomic E-state index is 13.0. The Labute approximate surface area is 78.4 Å². The second kappa shape index (κ2) is 4.46. The summed E-state index contributed by atoms with van der Waals surface area (Å²) in [6.07, 6.45) is 0. The van der Waals surface area contributed by atoms with E-state index >= 15 is 0 Å². The zero-order chi connectivity index (χ0) is 8.43. The second-order valence-corrected chi connectivity index (χ2v) is 3.26. The first-order valence-electron chi connectivity index (χ1n) is 3.56. The highest BCUT2D eigenvalue weighted by Crippen LogP contribution is 2.21. The first kappa shape index (κ1) is 11.4. The van der Waals surface area contributed by atoms with Crippen molar-refractivity contribution in [2.45, 2.75) is 27.2 Å². The van der Waals surface area contributed by atoms with Crippen molar-refractivity contribution < 1.29 is 4.39 Å². The molecule has 68 valence electrons. The van der Waals surface area contributed by atoms with Gasteiger partial charge in [-0.25, -0.2) is 4.39 Å². The highest BCUT2D eigenvalue weighted by Gasteiger charge is 2.05. The van der Waals surface area contributed by atoms with Crippen LogP contribution in [0.15, 0.2) is 18.2 Å². The SMILES string of the molecule is C.CC(C)c1ccc(Cl)cc1F. The Morgan fingerprint density at radius 1 is 1.33 bits per heavy atom. The van der Waals surface area contributed by atoms with Crippen LogP contribution in [0.1, 0.15) is 32.8 Å². The molecule has 0 saturated carbocycles. The summed E-state index contributed by atoms with van der Waals surface area (Å²) in [6, 6.07) is 4.78. The summed E-state index contributed by atoms with van der Waals surface area (Å²) in [5.41, 5.74) is 0.717. The quantitative estimate of drug-likeness (QED) is 0.619. The molecule has 1 aromatic carbocycles. The van der Waals surface area contributed by atoms with E-state index in [4.69, 9.17) is 11.6 Å². The van der Waals surface area contributed by atoms with Gasteiger partial charge in [-0.2, -0.15) is 0 Å². The average molecular weight is 189 g/mol. The highest BCUT2D eigenvalue weighted by atomic mass is 35.5. The van der Waals surface area contributed by atoms with E-state index in [9.17, 15) is 4.39 Å². The molecule has 1 aromatic rings. The zero-order valence-corrected chi connectivity index (χ0v) is 7.32. The molecule has 12 heavy (non-hydrogen) atoms. The second-order valence-electron chi connectivity index (χ2n) is 2.82. The molecular weight excluding hydrogens is 175 g/mol. The molecule has 0 unspecified atom stereocenters. The van der Waals surface area contributed by atoms with Crippen molar-refractivity contribution in [2.24, 2.45) is 0 Å². The molecule has 0 aromatic heterocycles. The highest BCUT2D eigenvalue weighted by molar-refractivity contribution is 6.30. The van der Waals surface area contributed by atoms with Gasteiger partial charge in [-0.15, -0.1) is 0 Å². The summed E-state index contributed by atoms with van der Waals surface area (Å²) in [6.45, 7) is 3.90. The fraction of sp³-hybridized carbons (Fsp3) is 0.400. The summed E-state index contributed by atoms with van der Waals surface area (Å²) in [5, 5.41) is 0.451. The third-order valence-corrected chi connectivity index (χ3v) is 1.82. The van der Waals surface area contributed by atoms with E-state index in [1.807, 2.05) is 13.8 Å². The van der Waals surface area contributed by atoms with Crippen molar-refractivity contribution in [1.82, 2.24) is 0 Å². The van der Waals surface area contributed by atoms with Gasteiger partial charge in [-0.3, -0.25) is 0 Å². The lowest BCUT2D eigenvalue weighted by molar-refractivity contribution is 0.598. The van der Waals surface area contributed by atoms with E-state index in [0.29, 0.717) is 5.02 Å². The lowest BCUT2D eigenvalue weighted by atomic mass is 10.0. The molecule has 0 N–H and O–H groups in total. The zero-order valence-electron chi connectivity index (χ0n) is 6.57. The summed E-state index contributed by atoms with van der Waals surface area (Å²) < 4.78 is 13.0. The molecule has 0 fully saturated rings. The Kier molecular flexibility index (Phi) is 4.25. The molecule has 0 aliphatic heterocycles. The maximum atomic E-state index is 13.0. The summed E-state index contributed by atoms with van der Waals surface area (Å²) in [4.78, 5) is 0. The minimum atomic E-state index is -0.215. The van der Waals surface area contributed by atoms with Gasteiger partial charge in [0.05, 0.1) is 0 Å². The summed E-state index contributed by atoms with van der Waals surface area (Å²) >= 11 is 5.58. The average Bonchev–Trinajstić information content (AvgIpc) is 1.85. The lowest BCUT2D eigenvalue weighted by Gasteiger charge is -2.05. The van der Waals surface area contributed by atoms with Gasteiger partial charge in [-0.1, -0.05) is 38.9 Å². The van der Waals surface area contributed by atoms with E-state index in [1.165, 1.54) is 6.07 Å². The number of hydrogen-bond donors (Lipinski definition) is 0. The molecule has 2 heteroatoms. The monoisotopic (exact) mass is 188 g/mol. The first-order valence-corrected chi connectivity index (χ1v) is 3.94. The van der Waals surface area contributed by atoms with Crippen LogP contribution in [0.25, 0.3) is 0 Å².